The van der Waals surface area contributed by atoms with Crippen LogP contribution in [0.25, 0.3) is 16.3 Å². The predicted octanol–water partition coefficient (Wildman–Crippen LogP) is 7.31. The van der Waals surface area contributed by atoms with Gasteiger partial charge in [0, 0.05) is 0 Å². The van der Waals surface area contributed by atoms with Crippen molar-refractivity contribution in [1.29, 1.82) is 0 Å². The van der Waals surface area contributed by atoms with Crippen LogP contribution < -0.4 is 0 Å². The molecule has 25 heavy (non-hydrogen) atoms. The minimum atomic E-state index is -4.25. The minimum absolute atomic E-state index is 0.408. The van der Waals surface area contributed by atoms with Gasteiger partial charge in [0.15, 0.2) is 0 Å². The van der Waals surface area contributed by atoms with E-state index in [9.17, 15) is 13.2 Å². The molecule has 132 valence electrons. The third kappa shape index (κ3) is 3.51. The Morgan fingerprint density at radius 2 is 1.56 bits per heavy atom. The maximum atomic E-state index is 13.9. The number of alkyl halides is 3. The summed E-state index contributed by atoms with van der Waals surface area (Å²) in [6, 6.07) is 13.4. The number of allylic oxidation sites excluding steroid dienone is 4. The molecule has 3 rings (SSSR count). The number of halogens is 3. The Balaban J connectivity index is 2.10. The van der Waals surface area contributed by atoms with E-state index in [4.69, 9.17) is 0 Å². The average molecular weight is 344 g/mol. The highest BCUT2D eigenvalue weighted by atomic mass is 19.4. The second-order valence-electron chi connectivity index (χ2n) is 6.69. The molecule has 2 aromatic rings. The molecule has 1 aliphatic rings. The van der Waals surface area contributed by atoms with Crippen LogP contribution in [0.3, 0.4) is 0 Å². The summed E-state index contributed by atoms with van der Waals surface area (Å²) in [5, 5.41) is 2.02. The molecular weight excluding hydrogens is 321 g/mol. The largest absolute Gasteiger partial charge is 0.399 e. The lowest BCUT2D eigenvalue weighted by molar-refractivity contribution is -0.148. The molecule has 1 aliphatic carbocycles. The standard InChI is InChI=1S/C22H23F3/c1-3-7-17-14-20(21(22(23,24)25)19(17)8-4-2)18-12-11-15-9-5-6-10-16(15)13-18/h5-6,9-14,21H,3-4,7-8H2,1-2H3. The van der Waals surface area contributed by atoms with E-state index in [1.807, 2.05) is 56.3 Å². The number of benzene rings is 2. The molecule has 0 aliphatic heterocycles. The second-order valence-corrected chi connectivity index (χ2v) is 6.69. The lowest BCUT2D eigenvalue weighted by Gasteiger charge is -2.23. The Bertz CT molecular complexity index is 825. The Hall–Kier alpha value is -2.03. The highest BCUT2D eigenvalue weighted by Crippen LogP contribution is 2.49. The average Bonchev–Trinajstić information content (AvgIpc) is 2.94. The van der Waals surface area contributed by atoms with Crippen LogP contribution in [0.4, 0.5) is 13.2 Å². The summed E-state index contributed by atoms with van der Waals surface area (Å²) < 4.78 is 41.8. The summed E-state index contributed by atoms with van der Waals surface area (Å²) in [5.74, 6) is -1.46. The first-order chi connectivity index (χ1) is 12.0. The zero-order valence-electron chi connectivity index (χ0n) is 14.7. The van der Waals surface area contributed by atoms with E-state index >= 15 is 0 Å². The van der Waals surface area contributed by atoms with Gasteiger partial charge in [-0.25, -0.2) is 0 Å². The molecule has 1 atom stereocenters. The second kappa shape index (κ2) is 7.07. The molecule has 0 saturated heterocycles. The van der Waals surface area contributed by atoms with E-state index in [0.717, 1.165) is 29.2 Å². The lowest BCUT2D eigenvalue weighted by Crippen LogP contribution is -2.24. The highest BCUT2D eigenvalue weighted by Gasteiger charge is 2.47. The molecule has 3 heteroatoms. The van der Waals surface area contributed by atoms with Crippen LogP contribution in [0.5, 0.6) is 0 Å². The van der Waals surface area contributed by atoms with Gasteiger partial charge < -0.3 is 0 Å². The third-order valence-electron chi connectivity index (χ3n) is 4.85. The topological polar surface area (TPSA) is 0 Å². The summed E-state index contributed by atoms with van der Waals surface area (Å²) in [6.45, 7) is 3.96. The Morgan fingerprint density at radius 1 is 0.880 bits per heavy atom. The maximum absolute atomic E-state index is 13.9. The van der Waals surface area contributed by atoms with E-state index in [2.05, 4.69) is 0 Å². The summed E-state index contributed by atoms with van der Waals surface area (Å²) in [7, 11) is 0. The van der Waals surface area contributed by atoms with Crippen LogP contribution in [0, 0.1) is 5.92 Å². The Morgan fingerprint density at radius 3 is 2.20 bits per heavy atom. The number of rotatable bonds is 5. The van der Waals surface area contributed by atoms with Crippen LogP contribution in [-0.4, -0.2) is 6.18 Å². The normalized spacial score (nSPS) is 18.1. The van der Waals surface area contributed by atoms with Gasteiger partial charge in [0.05, 0.1) is 0 Å². The molecule has 2 aromatic carbocycles. The van der Waals surface area contributed by atoms with Gasteiger partial charge in [-0.1, -0.05) is 74.7 Å². The molecule has 0 N–H and O–H groups in total. The smallest absolute Gasteiger partial charge is 0.170 e. The molecule has 0 nitrogen and oxygen atoms in total. The van der Waals surface area contributed by atoms with E-state index in [1.165, 1.54) is 0 Å². The molecule has 0 bridgehead atoms. The fourth-order valence-electron chi connectivity index (χ4n) is 3.81. The van der Waals surface area contributed by atoms with Crippen LogP contribution >= 0.6 is 0 Å². The molecule has 0 saturated carbocycles. The van der Waals surface area contributed by atoms with Crippen LogP contribution in [0.1, 0.15) is 45.1 Å². The number of hydrogen-bond donors (Lipinski definition) is 0. The monoisotopic (exact) mass is 344 g/mol. The first kappa shape index (κ1) is 17.8. The predicted molar refractivity (Wildman–Crippen MR) is 98.3 cm³/mol. The van der Waals surface area contributed by atoms with Gasteiger partial charge in [0.1, 0.15) is 5.92 Å². The van der Waals surface area contributed by atoms with Crippen molar-refractivity contribution >= 4 is 16.3 Å². The van der Waals surface area contributed by atoms with E-state index in [0.29, 0.717) is 29.6 Å². The van der Waals surface area contributed by atoms with Crippen molar-refractivity contribution in [2.24, 2.45) is 5.92 Å². The maximum Gasteiger partial charge on any atom is 0.399 e. The number of fused-ring (bicyclic) bond motifs is 1. The third-order valence-corrected chi connectivity index (χ3v) is 4.85. The molecule has 0 radical (unpaired) electrons. The van der Waals surface area contributed by atoms with Crippen molar-refractivity contribution in [3.8, 4) is 0 Å². The molecule has 0 spiro atoms. The fraction of sp³-hybridized carbons (Fsp3) is 0.364. The molecule has 0 fully saturated rings. The van der Waals surface area contributed by atoms with Crippen molar-refractivity contribution in [3.63, 3.8) is 0 Å². The van der Waals surface area contributed by atoms with Crippen molar-refractivity contribution < 1.29 is 13.2 Å². The Kier molecular flexibility index (Phi) is 5.03. The zero-order valence-corrected chi connectivity index (χ0v) is 14.7. The molecule has 0 heterocycles. The van der Waals surface area contributed by atoms with Gasteiger partial charge in [-0.2, -0.15) is 13.2 Å². The molecule has 0 amide bonds. The first-order valence-electron chi connectivity index (χ1n) is 8.95. The van der Waals surface area contributed by atoms with Crippen molar-refractivity contribution in [2.45, 2.75) is 45.7 Å². The summed E-state index contributed by atoms with van der Waals surface area (Å²) in [6.07, 6.45) is 0.350. The lowest BCUT2D eigenvalue weighted by atomic mass is 9.87. The fourth-order valence-corrected chi connectivity index (χ4v) is 3.81. The van der Waals surface area contributed by atoms with Gasteiger partial charge in [-0.15, -0.1) is 0 Å². The van der Waals surface area contributed by atoms with Gasteiger partial charge in [0.25, 0.3) is 0 Å². The summed E-state index contributed by atoms with van der Waals surface area (Å²) >= 11 is 0. The van der Waals surface area contributed by atoms with Crippen LogP contribution in [0.15, 0.2) is 59.7 Å². The van der Waals surface area contributed by atoms with Gasteiger partial charge >= 0.3 is 6.18 Å². The van der Waals surface area contributed by atoms with Gasteiger partial charge in [-0.05, 0) is 46.4 Å². The van der Waals surface area contributed by atoms with Crippen LogP contribution in [0.2, 0.25) is 0 Å². The van der Waals surface area contributed by atoms with Gasteiger partial charge in [0.2, 0.25) is 0 Å². The molecular formula is C22H23F3. The van der Waals surface area contributed by atoms with Crippen molar-refractivity contribution in [2.75, 3.05) is 0 Å². The molecule has 0 aromatic heterocycles. The zero-order chi connectivity index (χ0) is 18.0. The van der Waals surface area contributed by atoms with E-state index < -0.39 is 12.1 Å². The molecule has 1 unspecified atom stereocenters. The van der Waals surface area contributed by atoms with Crippen molar-refractivity contribution in [3.05, 3.63) is 65.3 Å². The van der Waals surface area contributed by atoms with E-state index in [1.54, 1.807) is 6.08 Å². The van der Waals surface area contributed by atoms with Crippen molar-refractivity contribution in [1.82, 2.24) is 0 Å². The SMILES string of the molecule is CCCC1=C(CCC)C(C(F)(F)F)C(c2ccc3ccccc3c2)=C1. The van der Waals surface area contributed by atoms with Gasteiger partial charge in [-0.3, -0.25) is 0 Å². The van der Waals surface area contributed by atoms with E-state index in [-0.39, 0.29) is 0 Å². The highest BCUT2D eigenvalue weighted by molar-refractivity contribution is 5.88. The number of hydrogen-bond acceptors (Lipinski definition) is 0. The summed E-state index contributed by atoms with van der Waals surface area (Å²) in [4.78, 5) is 0. The summed E-state index contributed by atoms with van der Waals surface area (Å²) in [5.41, 5.74) is 2.54. The Labute approximate surface area is 147 Å². The first-order valence-corrected chi connectivity index (χ1v) is 8.95. The van der Waals surface area contributed by atoms with Crippen LogP contribution in [-0.2, 0) is 0 Å². The quantitative estimate of drug-likeness (QED) is 0.533. The minimum Gasteiger partial charge on any atom is -0.170 e.